The van der Waals surface area contributed by atoms with Crippen LogP contribution in [-0.2, 0) is 42.8 Å². The number of carbonyl (C=O) groups is 3. The van der Waals surface area contributed by atoms with E-state index in [2.05, 4.69) is 0 Å². The van der Waals surface area contributed by atoms with Gasteiger partial charge in [-0.3, -0.25) is 9.69 Å². The summed E-state index contributed by atoms with van der Waals surface area (Å²) in [5.74, 6) is -1.09. The van der Waals surface area contributed by atoms with Crippen molar-refractivity contribution in [3.63, 3.8) is 0 Å². The van der Waals surface area contributed by atoms with Crippen LogP contribution in [0.5, 0.6) is 0 Å². The first-order chi connectivity index (χ1) is 20.3. The van der Waals surface area contributed by atoms with Crippen molar-refractivity contribution in [2.45, 2.75) is 56.5 Å². The highest BCUT2D eigenvalue weighted by Crippen LogP contribution is 2.09. The molecule has 0 aliphatic carbocycles. The first kappa shape index (κ1) is 40.4. The van der Waals surface area contributed by atoms with Crippen LogP contribution in [0.3, 0.4) is 0 Å². The van der Waals surface area contributed by atoms with E-state index in [0.717, 1.165) is 6.29 Å². The number of hydrogen-bond donors (Lipinski definition) is 5. The van der Waals surface area contributed by atoms with Crippen LogP contribution in [0.4, 0.5) is 0 Å². The Labute approximate surface area is 247 Å². The van der Waals surface area contributed by atoms with Crippen molar-refractivity contribution in [2.24, 2.45) is 0 Å². The van der Waals surface area contributed by atoms with Crippen molar-refractivity contribution in [2.75, 3.05) is 98.9 Å². The topological polar surface area (TPSA) is 211 Å². The fourth-order valence-corrected chi connectivity index (χ4v) is 3.45. The number of nitrogens with zero attached hydrogens (tertiary/aromatic N) is 1. The average molecular weight is 614 g/mol. The molecule has 0 heterocycles. The molecule has 248 valence electrons. The maximum absolute atomic E-state index is 10.7. The van der Waals surface area contributed by atoms with E-state index in [1.807, 2.05) is 0 Å². The number of ether oxygens (including phenoxy) is 6. The molecule has 15 heteroatoms. The number of hydrogen-bond acceptors (Lipinski definition) is 14. The number of aliphatic carboxylic acids is 1. The Morgan fingerprint density at radius 2 is 0.929 bits per heavy atom. The summed E-state index contributed by atoms with van der Waals surface area (Å²) >= 11 is 0. The van der Waals surface area contributed by atoms with Crippen molar-refractivity contribution < 1.29 is 68.3 Å². The summed E-state index contributed by atoms with van der Waals surface area (Å²) in [4.78, 5) is 33.0. The monoisotopic (exact) mass is 613 g/mol. The molecule has 0 saturated carbocycles. The Kier molecular flexibility index (Phi) is 28.3. The predicted molar refractivity (Wildman–Crippen MR) is 148 cm³/mol. The van der Waals surface area contributed by atoms with Gasteiger partial charge in [-0.05, 0) is 12.8 Å². The van der Waals surface area contributed by atoms with Crippen LogP contribution < -0.4 is 0 Å². The first-order valence-electron chi connectivity index (χ1n) is 14.3. The lowest BCUT2D eigenvalue weighted by atomic mass is 10.1. The minimum atomic E-state index is -1.27. The van der Waals surface area contributed by atoms with Gasteiger partial charge in [0.25, 0.3) is 0 Å². The number of aldehydes is 2. The number of aliphatic hydroxyl groups excluding tert-OH is 4. The van der Waals surface area contributed by atoms with Gasteiger partial charge < -0.3 is 63.5 Å². The Balaban J connectivity index is 3.97. The van der Waals surface area contributed by atoms with Gasteiger partial charge >= 0.3 is 5.97 Å². The summed E-state index contributed by atoms with van der Waals surface area (Å²) in [5, 5.41) is 49.4. The zero-order chi connectivity index (χ0) is 31.3. The van der Waals surface area contributed by atoms with Crippen LogP contribution >= 0.6 is 0 Å². The highest BCUT2D eigenvalue weighted by Gasteiger charge is 2.24. The molecule has 0 aromatic rings. The molecule has 0 rings (SSSR count). The molecule has 0 amide bonds. The molecule has 0 radical (unpaired) electrons. The fourth-order valence-electron chi connectivity index (χ4n) is 3.45. The normalized spacial score (nSPS) is 14.5. The van der Waals surface area contributed by atoms with Crippen molar-refractivity contribution in [1.29, 1.82) is 0 Å². The fraction of sp³-hybridized carbons (Fsp3) is 0.889. The van der Waals surface area contributed by atoms with E-state index >= 15 is 0 Å². The van der Waals surface area contributed by atoms with Crippen LogP contribution in [0, 0.1) is 0 Å². The molecule has 5 N–H and O–H groups in total. The number of aliphatic hydroxyl groups is 4. The lowest BCUT2D eigenvalue weighted by molar-refractivity contribution is -0.138. The Morgan fingerprint density at radius 3 is 1.33 bits per heavy atom. The summed E-state index contributed by atoms with van der Waals surface area (Å²) < 4.78 is 32.3. The third-order valence-corrected chi connectivity index (χ3v) is 5.81. The van der Waals surface area contributed by atoms with E-state index in [1.54, 1.807) is 4.90 Å². The van der Waals surface area contributed by atoms with Crippen molar-refractivity contribution >= 4 is 18.5 Å². The van der Waals surface area contributed by atoms with Crippen molar-refractivity contribution in [3.8, 4) is 0 Å². The van der Waals surface area contributed by atoms with Gasteiger partial charge in [-0.15, -0.1) is 0 Å². The van der Waals surface area contributed by atoms with Gasteiger partial charge in [0.2, 0.25) is 0 Å². The van der Waals surface area contributed by atoms with Gasteiger partial charge in [0.15, 0.2) is 0 Å². The Hall–Kier alpha value is -1.63. The minimum Gasteiger partial charge on any atom is -0.481 e. The molecule has 0 aromatic heterocycles. The number of carboxylic acid groups (broad SMARTS) is 1. The second kappa shape index (κ2) is 29.4. The second-order valence-electron chi connectivity index (χ2n) is 9.33. The predicted octanol–water partition coefficient (Wildman–Crippen LogP) is -1.74. The second-order valence-corrected chi connectivity index (χ2v) is 9.33. The third kappa shape index (κ3) is 26.0. The smallest absolute Gasteiger partial charge is 0.303 e. The van der Waals surface area contributed by atoms with Crippen LogP contribution in [0.25, 0.3) is 0 Å². The molecular weight excluding hydrogens is 562 g/mol. The SMILES string of the molecule is O=CCCOCCOCCOCCOCCOCCOCCN(CC(O)C(O)CCC=O)CC(O)C(O)CCC(=O)O. The summed E-state index contributed by atoms with van der Waals surface area (Å²) in [6, 6.07) is 0. The summed E-state index contributed by atoms with van der Waals surface area (Å²) in [6.45, 7) is 4.70. The highest BCUT2D eigenvalue weighted by molar-refractivity contribution is 5.66. The summed E-state index contributed by atoms with van der Waals surface area (Å²) in [5.41, 5.74) is 0. The van der Waals surface area contributed by atoms with E-state index in [0.29, 0.717) is 78.8 Å². The van der Waals surface area contributed by atoms with Gasteiger partial charge in [-0.1, -0.05) is 0 Å². The standard InChI is InChI=1S/C27H51NO14/c29-7-1-3-23(31)25(33)21-28(22-26(34)24(32)4-5-27(35)36)6-10-38-12-14-40-16-18-42-20-19-41-17-15-39-13-11-37-9-2-8-30/h7-8,23-26,31-34H,1-6,9-22H2,(H,35,36). The molecule has 0 aromatic carbocycles. The maximum atomic E-state index is 10.7. The maximum Gasteiger partial charge on any atom is 0.303 e. The zero-order valence-electron chi connectivity index (χ0n) is 24.5. The molecule has 0 saturated heterocycles. The molecule has 4 unspecified atom stereocenters. The van der Waals surface area contributed by atoms with Crippen molar-refractivity contribution in [3.05, 3.63) is 0 Å². The molecule has 0 fully saturated rings. The molecule has 4 atom stereocenters. The van der Waals surface area contributed by atoms with E-state index in [4.69, 9.17) is 33.5 Å². The molecule has 0 aliphatic heterocycles. The number of carbonyl (C=O) groups excluding carboxylic acids is 2. The molecule has 42 heavy (non-hydrogen) atoms. The Morgan fingerprint density at radius 1 is 0.548 bits per heavy atom. The zero-order valence-corrected chi connectivity index (χ0v) is 24.5. The Bertz CT molecular complexity index is 644. The van der Waals surface area contributed by atoms with Gasteiger partial charge in [-0.25, -0.2) is 0 Å². The van der Waals surface area contributed by atoms with E-state index in [9.17, 15) is 34.8 Å². The first-order valence-corrected chi connectivity index (χ1v) is 14.3. The molecule has 0 spiro atoms. The average Bonchev–Trinajstić information content (AvgIpc) is 2.97. The lowest BCUT2D eigenvalue weighted by Crippen LogP contribution is -2.46. The van der Waals surface area contributed by atoms with Crippen LogP contribution in [-0.4, -0.2) is 172 Å². The van der Waals surface area contributed by atoms with Gasteiger partial charge in [0, 0.05) is 38.9 Å². The minimum absolute atomic E-state index is 0.0466. The summed E-state index contributed by atoms with van der Waals surface area (Å²) in [6.07, 6.45) is -3.28. The molecule has 15 nitrogen and oxygen atoms in total. The third-order valence-electron chi connectivity index (χ3n) is 5.81. The largest absolute Gasteiger partial charge is 0.481 e. The van der Waals surface area contributed by atoms with Gasteiger partial charge in [0.1, 0.15) is 12.6 Å². The quantitative estimate of drug-likeness (QED) is 0.0411. The van der Waals surface area contributed by atoms with E-state index in [-0.39, 0.29) is 58.5 Å². The van der Waals surface area contributed by atoms with Gasteiger partial charge in [-0.2, -0.15) is 0 Å². The number of carboxylic acids is 1. The molecule has 0 aliphatic rings. The number of rotatable bonds is 33. The van der Waals surface area contributed by atoms with Crippen LogP contribution in [0.15, 0.2) is 0 Å². The molecular formula is C27H51NO14. The van der Waals surface area contributed by atoms with Crippen LogP contribution in [0.2, 0.25) is 0 Å². The van der Waals surface area contributed by atoms with Crippen LogP contribution in [0.1, 0.15) is 32.1 Å². The van der Waals surface area contributed by atoms with Gasteiger partial charge in [0.05, 0.1) is 104 Å². The van der Waals surface area contributed by atoms with Crippen molar-refractivity contribution in [1.82, 2.24) is 4.90 Å². The van der Waals surface area contributed by atoms with E-state index < -0.39 is 30.4 Å². The lowest BCUT2D eigenvalue weighted by Gasteiger charge is -2.30. The molecule has 0 bridgehead atoms. The summed E-state index contributed by atoms with van der Waals surface area (Å²) in [7, 11) is 0. The van der Waals surface area contributed by atoms with E-state index in [1.165, 1.54) is 0 Å². The highest BCUT2D eigenvalue weighted by atomic mass is 16.6.